The van der Waals surface area contributed by atoms with Crippen molar-refractivity contribution in [3.05, 3.63) is 0 Å². The predicted molar refractivity (Wildman–Crippen MR) is 307 cm³/mol. The number of rotatable bonds is 14. The molecule has 2 unspecified atom stereocenters. The molecule has 0 spiro atoms. The van der Waals surface area contributed by atoms with Crippen LogP contribution in [0.1, 0.15) is 308 Å². The highest BCUT2D eigenvalue weighted by atomic mass is 15.0. The Balaban J connectivity index is 0.821. The molecule has 420 valence electrons. The van der Waals surface area contributed by atoms with Crippen LogP contribution in [-0.4, -0.2) is 56.4 Å². The molecule has 2 atom stereocenters. The normalized spacial score (nSPS) is 41.8. The molecule has 9 heteroatoms. The molecule has 0 radical (unpaired) electrons. The average molecular weight is 1010 g/mol. The van der Waals surface area contributed by atoms with Gasteiger partial charge in [-0.2, -0.15) is 0 Å². The number of nitrogens with two attached hydrogens (primary N) is 8. The Morgan fingerprint density at radius 1 is 0.260 bits per heavy atom. The van der Waals surface area contributed by atoms with E-state index in [4.69, 9.17) is 45.9 Å². The minimum atomic E-state index is -0.220. The lowest BCUT2D eigenvalue weighted by Gasteiger charge is -2.64. The first-order chi connectivity index (χ1) is 34.9. The quantitative estimate of drug-likeness (QED) is 0.0807. The van der Waals surface area contributed by atoms with E-state index in [9.17, 15) is 0 Å². The van der Waals surface area contributed by atoms with Crippen molar-refractivity contribution in [2.75, 3.05) is 0 Å². The summed E-state index contributed by atoms with van der Waals surface area (Å²) in [6, 6.07) is 1.04. The average Bonchev–Trinajstić information content (AvgIpc) is 3.36. The maximum atomic E-state index is 8.20. The first-order valence-corrected chi connectivity index (χ1v) is 32.9. The van der Waals surface area contributed by atoms with Crippen LogP contribution in [0.3, 0.4) is 0 Å². The Hall–Kier alpha value is -0.360. The molecule has 10 rings (SSSR count). The molecular formula is C64H119N9. The van der Waals surface area contributed by atoms with Gasteiger partial charge in [-0.15, -0.1) is 0 Å². The van der Waals surface area contributed by atoms with Gasteiger partial charge in [0.05, 0.1) is 0 Å². The van der Waals surface area contributed by atoms with Crippen molar-refractivity contribution in [1.29, 1.82) is 0 Å². The molecule has 10 aliphatic carbocycles. The highest BCUT2D eigenvalue weighted by Gasteiger charge is 2.63. The molecule has 10 fully saturated rings. The van der Waals surface area contributed by atoms with E-state index < -0.39 is 0 Å². The molecule has 0 bridgehead atoms. The van der Waals surface area contributed by atoms with Crippen LogP contribution in [0.5, 0.6) is 0 Å². The Kier molecular flexibility index (Phi) is 17.1. The van der Waals surface area contributed by atoms with Crippen molar-refractivity contribution >= 4 is 0 Å². The Bertz CT molecular complexity index is 1600. The Labute approximate surface area is 448 Å². The summed E-state index contributed by atoms with van der Waals surface area (Å²) in [5, 5.41) is 4.36. The number of hydrogen-bond donors (Lipinski definition) is 9. The van der Waals surface area contributed by atoms with E-state index in [-0.39, 0.29) is 55.1 Å². The monoisotopic (exact) mass is 1010 g/mol. The van der Waals surface area contributed by atoms with Gasteiger partial charge < -0.3 is 51.2 Å². The molecule has 0 aromatic heterocycles. The summed E-state index contributed by atoms with van der Waals surface area (Å²) in [5.41, 5.74) is 60.9. The second kappa shape index (κ2) is 22.3. The van der Waals surface area contributed by atoms with E-state index in [0.717, 1.165) is 116 Å². The molecule has 0 aliphatic heterocycles. The first kappa shape index (κ1) is 55.9. The van der Waals surface area contributed by atoms with Crippen molar-refractivity contribution in [3.63, 3.8) is 0 Å². The van der Waals surface area contributed by atoms with Crippen LogP contribution in [0.15, 0.2) is 0 Å². The Morgan fingerprint density at radius 2 is 0.493 bits per heavy atom. The van der Waals surface area contributed by atoms with E-state index >= 15 is 0 Å². The second-order valence-electron chi connectivity index (χ2n) is 30.7. The van der Waals surface area contributed by atoms with Crippen LogP contribution in [-0.2, 0) is 0 Å². The minimum absolute atomic E-state index is 0.0618. The fourth-order valence-corrected chi connectivity index (χ4v) is 22.4. The fraction of sp³-hybridized carbons (Fsp3) is 1.00. The van der Waals surface area contributed by atoms with Gasteiger partial charge in [0.25, 0.3) is 0 Å². The summed E-state index contributed by atoms with van der Waals surface area (Å²) in [4.78, 5) is 0. The second-order valence-corrected chi connectivity index (χ2v) is 30.7. The molecule has 9 nitrogen and oxygen atoms in total. The van der Waals surface area contributed by atoms with Crippen molar-refractivity contribution in [2.24, 2.45) is 80.4 Å². The molecule has 0 aromatic carbocycles. The zero-order valence-electron chi connectivity index (χ0n) is 47.5. The summed E-state index contributed by atoms with van der Waals surface area (Å²) in [6.07, 6.45) is 58.6. The van der Waals surface area contributed by atoms with Crippen LogP contribution >= 0.6 is 0 Å². The van der Waals surface area contributed by atoms with Gasteiger partial charge in [-0.1, -0.05) is 116 Å². The minimum Gasteiger partial charge on any atom is -0.325 e. The Morgan fingerprint density at radius 3 is 0.781 bits per heavy atom. The highest BCUT2D eigenvalue weighted by Crippen LogP contribution is 2.64. The molecule has 17 N–H and O–H groups in total. The summed E-state index contributed by atoms with van der Waals surface area (Å²) < 4.78 is 0. The van der Waals surface area contributed by atoms with Gasteiger partial charge in [0.15, 0.2) is 0 Å². The maximum absolute atomic E-state index is 8.20. The first-order valence-electron chi connectivity index (χ1n) is 32.9. The van der Waals surface area contributed by atoms with E-state index in [2.05, 4.69) is 5.32 Å². The SMILES string of the molecule is NC1(CC2(N)CCC(C3(C(C4(N)CCCCC4)C4(N)CCC(NC5CCC(N)(C(C6(N)CCCCC6)C6(C7CCC(N)(CC8(N)CCCCC8)CC7)CCCCC6)CC5)CC4)CCCCC3)CC2)CCCCC1. The number of hydrogen-bond acceptors (Lipinski definition) is 9. The van der Waals surface area contributed by atoms with E-state index in [0.29, 0.717) is 35.8 Å². The van der Waals surface area contributed by atoms with Gasteiger partial charge in [-0.3, -0.25) is 0 Å². The van der Waals surface area contributed by atoms with Crippen LogP contribution < -0.4 is 51.2 Å². The van der Waals surface area contributed by atoms with Gasteiger partial charge in [0.2, 0.25) is 0 Å². The maximum Gasteiger partial charge on any atom is 0.0207 e. The molecule has 10 saturated carbocycles. The molecule has 73 heavy (non-hydrogen) atoms. The lowest BCUT2D eigenvalue weighted by Crippen LogP contribution is -2.70. The molecular weight excluding hydrogens is 895 g/mol. The van der Waals surface area contributed by atoms with E-state index in [1.165, 1.54) is 193 Å². The number of nitrogens with one attached hydrogen (secondary N) is 1. The summed E-state index contributed by atoms with van der Waals surface area (Å²) in [7, 11) is 0. The summed E-state index contributed by atoms with van der Waals surface area (Å²) in [6.45, 7) is 0. The fourth-order valence-electron chi connectivity index (χ4n) is 22.4. The van der Waals surface area contributed by atoms with Gasteiger partial charge in [0.1, 0.15) is 0 Å². The third-order valence-corrected chi connectivity index (χ3v) is 25.6. The van der Waals surface area contributed by atoms with Crippen molar-refractivity contribution in [1.82, 2.24) is 5.32 Å². The standard InChI is InChI=1S/C64H119N9/c65-55(27-7-1-8-28-55)47-57(67)39-19-49(20-40-57)59(31-11-3-12-32-59)53(61(69)35-15-5-16-36-61)63(71)43-23-51(24-44-63)73-52-25-45-64(72,46-26-52)54(62(70)37-17-6-18-38-62)60(33-13-4-14-34-60)50-21-41-58(68,42-22-50)48-56(66)29-9-2-10-30-56/h49-54,73H,1-48,65-72H2. The largest absolute Gasteiger partial charge is 0.325 e. The van der Waals surface area contributed by atoms with Crippen molar-refractivity contribution in [3.8, 4) is 0 Å². The van der Waals surface area contributed by atoms with Gasteiger partial charge in [-0.25, -0.2) is 0 Å². The summed E-state index contributed by atoms with van der Waals surface area (Å²) >= 11 is 0. The molecule has 0 amide bonds. The third kappa shape index (κ3) is 11.8. The lowest BCUT2D eigenvalue weighted by molar-refractivity contribution is -0.0971. The molecule has 0 heterocycles. The van der Waals surface area contributed by atoms with Crippen LogP contribution in [0, 0.1) is 34.5 Å². The smallest absolute Gasteiger partial charge is 0.0207 e. The molecule has 0 saturated heterocycles. The zero-order valence-corrected chi connectivity index (χ0v) is 47.5. The topological polar surface area (TPSA) is 220 Å². The molecule has 10 aliphatic rings. The third-order valence-electron chi connectivity index (χ3n) is 25.6. The lowest BCUT2D eigenvalue weighted by atomic mass is 9.44. The van der Waals surface area contributed by atoms with E-state index in [1.807, 2.05) is 0 Å². The van der Waals surface area contributed by atoms with Crippen LogP contribution in [0.2, 0.25) is 0 Å². The van der Waals surface area contributed by atoms with Crippen molar-refractivity contribution in [2.45, 2.75) is 365 Å². The molecule has 0 aromatic rings. The van der Waals surface area contributed by atoms with Crippen LogP contribution in [0.25, 0.3) is 0 Å². The van der Waals surface area contributed by atoms with Gasteiger partial charge in [-0.05, 0) is 215 Å². The highest BCUT2D eigenvalue weighted by molar-refractivity contribution is 5.19. The van der Waals surface area contributed by atoms with Crippen molar-refractivity contribution < 1.29 is 0 Å². The van der Waals surface area contributed by atoms with Gasteiger partial charge in [0, 0.05) is 68.2 Å². The van der Waals surface area contributed by atoms with Crippen LogP contribution in [0.4, 0.5) is 0 Å². The van der Waals surface area contributed by atoms with Gasteiger partial charge >= 0.3 is 0 Å². The van der Waals surface area contributed by atoms with E-state index in [1.54, 1.807) is 0 Å². The summed E-state index contributed by atoms with van der Waals surface area (Å²) in [5.74, 6) is 2.09. The predicted octanol–water partition coefficient (Wildman–Crippen LogP) is 12.2. The zero-order chi connectivity index (χ0) is 51.1.